The smallest absolute Gasteiger partial charge is 0.272 e. The van der Waals surface area contributed by atoms with E-state index in [1.54, 1.807) is 54.6 Å². The van der Waals surface area contributed by atoms with Gasteiger partial charge in [0, 0.05) is 11.3 Å². The van der Waals surface area contributed by atoms with E-state index in [9.17, 15) is 13.7 Å². The molecule has 0 saturated carbocycles. The van der Waals surface area contributed by atoms with E-state index in [0.29, 0.717) is 29.4 Å². The highest BCUT2D eigenvalue weighted by molar-refractivity contribution is 7.96. The molecule has 3 rings (SSSR count). The fourth-order valence-electron chi connectivity index (χ4n) is 2.65. The Hall–Kier alpha value is -3.76. The molecule has 0 atom stereocenters. The summed E-state index contributed by atoms with van der Waals surface area (Å²) in [5, 5.41) is 9.48. The first kappa shape index (κ1) is 21.0. The summed E-state index contributed by atoms with van der Waals surface area (Å²) in [4.78, 5) is -0.422. The van der Waals surface area contributed by atoms with Crippen LogP contribution in [0.5, 0.6) is 11.5 Å². The van der Waals surface area contributed by atoms with Crippen molar-refractivity contribution in [3.63, 3.8) is 0 Å². The number of rotatable bonds is 8. The standard InChI is InChI=1S/C23H20N2O4S/c1-28-21-13-11-20(12-14-21)25-30(26,27)22(16-24)15-19-9-5-6-10-23(19)29-17-18-7-3-2-4-8-18/h2-15,25H,17H2,1H3/b22-15+. The molecule has 30 heavy (non-hydrogen) atoms. The fourth-order valence-corrected chi connectivity index (χ4v) is 3.61. The Bertz CT molecular complexity index is 1170. The predicted molar refractivity (Wildman–Crippen MR) is 116 cm³/mol. The summed E-state index contributed by atoms with van der Waals surface area (Å²) in [5.74, 6) is 1.08. The second-order valence-corrected chi connectivity index (χ2v) is 7.92. The third-order valence-electron chi connectivity index (χ3n) is 4.18. The maximum atomic E-state index is 12.7. The quantitative estimate of drug-likeness (QED) is 0.539. The summed E-state index contributed by atoms with van der Waals surface area (Å²) in [6.45, 7) is 0.324. The number of para-hydroxylation sites is 1. The summed E-state index contributed by atoms with van der Waals surface area (Å²) in [6.07, 6.45) is 1.30. The number of ether oxygens (including phenoxy) is 2. The van der Waals surface area contributed by atoms with Crippen LogP contribution < -0.4 is 14.2 Å². The van der Waals surface area contributed by atoms with Gasteiger partial charge in [-0.15, -0.1) is 0 Å². The molecule has 0 spiro atoms. The number of hydrogen-bond donors (Lipinski definition) is 1. The number of methoxy groups -OCH3 is 1. The minimum atomic E-state index is -4.07. The molecule has 0 aliphatic carbocycles. The van der Waals surface area contributed by atoms with Crippen molar-refractivity contribution in [3.8, 4) is 17.6 Å². The molecule has 0 heterocycles. The predicted octanol–water partition coefficient (Wildman–Crippen LogP) is 4.58. The zero-order valence-electron chi connectivity index (χ0n) is 16.3. The molecular formula is C23H20N2O4S. The highest BCUT2D eigenvalue weighted by atomic mass is 32.2. The van der Waals surface area contributed by atoms with Gasteiger partial charge in [0.1, 0.15) is 24.2 Å². The van der Waals surface area contributed by atoms with Gasteiger partial charge in [-0.05, 0) is 42.0 Å². The first-order valence-corrected chi connectivity index (χ1v) is 10.5. The van der Waals surface area contributed by atoms with Crippen LogP contribution in [0.2, 0.25) is 0 Å². The maximum absolute atomic E-state index is 12.7. The second-order valence-electron chi connectivity index (χ2n) is 6.27. The maximum Gasteiger partial charge on any atom is 0.272 e. The van der Waals surface area contributed by atoms with Gasteiger partial charge in [-0.25, -0.2) is 8.42 Å². The molecule has 0 aliphatic rings. The third kappa shape index (κ3) is 5.40. The van der Waals surface area contributed by atoms with E-state index in [1.807, 2.05) is 30.3 Å². The van der Waals surface area contributed by atoms with Gasteiger partial charge in [-0.2, -0.15) is 5.26 Å². The van der Waals surface area contributed by atoms with E-state index in [0.717, 1.165) is 5.56 Å². The Labute approximate surface area is 176 Å². The first-order chi connectivity index (χ1) is 14.5. The number of benzene rings is 3. The van der Waals surface area contributed by atoms with Gasteiger partial charge in [-0.1, -0.05) is 48.5 Å². The van der Waals surface area contributed by atoms with E-state index < -0.39 is 14.9 Å². The molecule has 0 amide bonds. The topological polar surface area (TPSA) is 88.4 Å². The molecule has 0 bridgehead atoms. The third-order valence-corrected chi connectivity index (χ3v) is 5.48. The van der Waals surface area contributed by atoms with Crippen molar-refractivity contribution < 1.29 is 17.9 Å². The van der Waals surface area contributed by atoms with Gasteiger partial charge in [0.2, 0.25) is 0 Å². The van der Waals surface area contributed by atoms with Gasteiger partial charge >= 0.3 is 0 Å². The van der Waals surface area contributed by atoms with Crippen LogP contribution in [0, 0.1) is 11.3 Å². The summed E-state index contributed by atoms with van der Waals surface area (Å²) in [5.41, 5.74) is 1.79. The number of hydrogen-bond acceptors (Lipinski definition) is 5. The van der Waals surface area contributed by atoms with E-state index >= 15 is 0 Å². The number of allylic oxidation sites excluding steroid dienone is 1. The molecule has 0 saturated heterocycles. The van der Waals surface area contributed by atoms with Crippen LogP contribution in [0.4, 0.5) is 5.69 Å². The van der Waals surface area contributed by atoms with Crippen LogP contribution in [-0.2, 0) is 16.6 Å². The van der Waals surface area contributed by atoms with E-state index in [2.05, 4.69) is 4.72 Å². The lowest BCUT2D eigenvalue weighted by Crippen LogP contribution is -2.14. The number of sulfonamides is 1. The molecule has 0 aliphatic heterocycles. The van der Waals surface area contributed by atoms with E-state index in [4.69, 9.17) is 9.47 Å². The van der Waals surface area contributed by atoms with E-state index in [-0.39, 0.29) is 0 Å². The summed E-state index contributed by atoms with van der Waals surface area (Å²) in [7, 11) is -2.55. The molecule has 6 nitrogen and oxygen atoms in total. The molecule has 3 aromatic rings. The Balaban J connectivity index is 1.83. The van der Waals surface area contributed by atoms with Gasteiger partial charge < -0.3 is 9.47 Å². The lowest BCUT2D eigenvalue weighted by molar-refractivity contribution is 0.305. The van der Waals surface area contributed by atoms with Crippen LogP contribution in [-0.4, -0.2) is 15.5 Å². The average Bonchev–Trinajstić information content (AvgIpc) is 2.77. The van der Waals surface area contributed by atoms with Crippen molar-refractivity contribution in [2.45, 2.75) is 6.61 Å². The zero-order chi connectivity index (χ0) is 21.4. The van der Waals surface area contributed by atoms with Crippen molar-refractivity contribution in [2.75, 3.05) is 11.8 Å². The minimum absolute atomic E-state index is 0.324. The van der Waals surface area contributed by atoms with Crippen molar-refractivity contribution in [2.24, 2.45) is 0 Å². The van der Waals surface area contributed by atoms with Gasteiger partial charge in [-0.3, -0.25) is 4.72 Å². The van der Waals surface area contributed by atoms with Crippen LogP contribution in [0.1, 0.15) is 11.1 Å². The normalized spacial score (nSPS) is 11.4. The zero-order valence-corrected chi connectivity index (χ0v) is 17.1. The lowest BCUT2D eigenvalue weighted by Gasteiger charge is -2.11. The second kappa shape index (κ2) is 9.63. The minimum Gasteiger partial charge on any atom is -0.497 e. The molecule has 3 aromatic carbocycles. The Morgan fingerprint density at radius 2 is 1.67 bits per heavy atom. The van der Waals surface area contributed by atoms with Crippen molar-refractivity contribution in [3.05, 3.63) is 94.9 Å². The molecule has 0 aromatic heterocycles. The molecule has 7 heteroatoms. The molecule has 0 unspecified atom stereocenters. The van der Waals surface area contributed by atoms with Crippen LogP contribution in [0.15, 0.2) is 83.8 Å². The SMILES string of the molecule is COc1ccc(NS(=O)(=O)/C(C#N)=C/c2ccccc2OCc2ccccc2)cc1. The Kier molecular flexibility index (Phi) is 6.73. The molecule has 0 fully saturated rings. The highest BCUT2D eigenvalue weighted by Gasteiger charge is 2.18. The van der Waals surface area contributed by atoms with E-state index in [1.165, 1.54) is 13.2 Å². The van der Waals surface area contributed by atoms with Crippen molar-refractivity contribution in [1.82, 2.24) is 0 Å². The lowest BCUT2D eigenvalue weighted by atomic mass is 10.2. The summed E-state index contributed by atoms with van der Waals surface area (Å²) >= 11 is 0. The fraction of sp³-hybridized carbons (Fsp3) is 0.0870. The number of nitrogens with zero attached hydrogens (tertiary/aromatic N) is 1. The van der Waals surface area contributed by atoms with Crippen LogP contribution in [0.3, 0.4) is 0 Å². The first-order valence-electron chi connectivity index (χ1n) is 9.06. The Morgan fingerprint density at radius 1 is 1.00 bits per heavy atom. The van der Waals surface area contributed by atoms with Crippen molar-refractivity contribution >= 4 is 21.8 Å². The van der Waals surface area contributed by atoms with Gasteiger partial charge in [0.25, 0.3) is 10.0 Å². The molecule has 0 radical (unpaired) electrons. The number of anilines is 1. The number of nitriles is 1. The largest absolute Gasteiger partial charge is 0.497 e. The van der Waals surface area contributed by atoms with Crippen molar-refractivity contribution in [1.29, 1.82) is 5.26 Å². The molecule has 152 valence electrons. The highest BCUT2D eigenvalue weighted by Crippen LogP contribution is 2.25. The van der Waals surface area contributed by atoms with Gasteiger partial charge in [0.05, 0.1) is 7.11 Å². The Morgan fingerprint density at radius 3 is 2.33 bits per heavy atom. The monoisotopic (exact) mass is 420 g/mol. The molecular weight excluding hydrogens is 400 g/mol. The van der Waals surface area contributed by atoms with Crippen LogP contribution >= 0.6 is 0 Å². The van der Waals surface area contributed by atoms with Gasteiger partial charge in [0.15, 0.2) is 4.91 Å². The average molecular weight is 420 g/mol. The molecule has 1 N–H and O–H groups in total. The van der Waals surface area contributed by atoms with Crippen LogP contribution in [0.25, 0.3) is 6.08 Å². The summed E-state index contributed by atoms with van der Waals surface area (Å²) in [6, 6.07) is 24.7. The summed E-state index contributed by atoms with van der Waals surface area (Å²) < 4.78 is 38.7. The number of nitrogens with one attached hydrogen (secondary N) is 1.